The first-order valence-electron chi connectivity index (χ1n) is 6.24. The number of carbonyl (C=O) groups is 2. The van der Waals surface area contributed by atoms with Crippen LogP contribution in [0.3, 0.4) is 0 Å². The topological polar surface area (TPSA) is 71.1 Å². The number of amides is 2. The van der Waals surface area contributed by atoms with Crippen LogP contribution in [-0.4, -0.2) is 22.8 Å². The van der Waals surface area contributed by atoms with Crippen molar-refractivity contribution in [3.05, 3.63) is 16.1 Å². The number of nitrogens with zero attached hydrogens (tertiary/aromatic N) is 1. The maximum atomic E-state index is 11.8. The highest BCUT2D eigenvalue weighted by molar-refractivity contribution is 7.09. The lowest BCUT2D eigenvalue weighted by Gasteiger charge is -2.09. The van der Waals surface area contributed by atoms with Crippen LogP contribution in [0.5, 0.6) is 0 Å². The highest BCUT2D eigenvalue weighted by Gasteiger charge is 2.28. The molecule has 3 rings (SSSR count). The van der Waals surface area contributed by atoms with E-state index in [0.29, 0.717) is 25.3 Å². The number of nitrogens with one attached hydrogen (secondary N) is 2. The lowest BCUT2D eigenvalue weighted by molar-refractivity contribution is -0.125. The number of thiazole rings is 1. The van der Waals surface area contributed by atoms with Gasteiger partial charge in [-0.3, -0.25) is 9.59 Å². The molecule has 2 fully saturated rings. The molecule has 2 N–H and O–H groups in total. The van der Waals surface area contributed by atoms with Crippen molar-refractivity contribution in [1.82, 2.24) is 15.6 Å². The van der Waals surface area contributed by atoms with Crippen LogP contribution in [0.15, 0.2) is 5.38 Å². The van der Waals surface area contributed by atoms with Crippen molar-refractivity contribution >= 4 is 23.2 Å². The summed E-state index contributed by atoms with van der Waals surface area (Å²) >= 11 is 1.67. The first-order chi connectivity index (χ1) is 8.72. The van der Waals surface area contributed by atoms with E-state index < -0.39 is 0 Å². The average Bonchev–Trinajstić information content (AvgIpc) is 2.95. The Morgan fingerprint density at radius 3 is 3.00 bits per heavy atom. The van der Waals surface area contributed by atoms with Crippen molar-refractivity contribution in [2.75, 3.05) is 0 Å². The SMILES string of the molecule is O=C1CCC(C(=O)NCc2csc(C3CC3)n2)N1. The molecule has 5 nitrogen and oxygen atoms in total. The van der Waals surface area contributed by atoms with E-state index in [1.807, 2.05) is 5.38 Å². The van der Waals surface area contributed by atoms with Gasteiger partial charge in [-0.25, -0.2) is 4.98 Å². The molecule has 18 heavy (non-hydrogen) atoms. The Balaban J connectivity index is 1.50. The average molecular weight is 265 g/mol. The first-order valence-corrected chi connectivity index (χ1v) is 7.12. The predicted molar refractivity (Wildman–Crippen MR) is 67.1 cm³/mol. The smallest absolute Gasteiger partial charge is 0.242 e. The van der Waals surface area contributed by atoms with Gasteiger partial charge in [-0.2, -0.15) is 0 Å². The maximum Gasteiger partial charge on any atom is 0.242 e. The largest absolute Gasteiger partial charge is 0.349 e. The Morgan fingerprint density at radius 1 is 1.50 bits per heavy atom. The summed E-state index contributed by atoms with van der Waals surface area (Å²) in [6.45, 7) is 0.453. The molecule has 1 aromatic rings. The van der Waals surface area contributed by atoms with Gasteiger partial charge in [0, 0.05) is 17.7 Å². The van der Waals surface area contributed by atoms with Gasteiger partial charge in [0.25, 0.3) is 0 Å². The summed E-state index contributed by atoms with van der Waals surface area (Å²) in [4.78, 5) is 27.3. The molecule has 1 saturated heterocycles. The Bertz CT molecular complexity index is 481. The molecule has 0 bridgehead atoms. The summed E-state index contributed by atoms with van der Waals surface area (Å²) in [6.07, 6.45) is 3.52. The van der Waals surface area contributed by atoms with E-state index in [-0.39, 0.29) is 17.9 Å². The van der Waals surface area contributed by atoms with Gasteiger partial charge in [-0.15, -0.1) is 11.3 Å². The maximum absolute atomic E-state index is 11.8. The zero-order valence-corrected chi connectivity index (χ0v) is 10.8. The highest BCUT2D eigenvalue weighted by Crippen LogP contribution is 2.41. The van der Waals surface area contributed by atoms with Crippen LogP contribution in [0, 0.1) is 0 Å². The second-order valence-electron chi connectivity index (χ2n) is 4.83. The second-order valence-corrected chi connectivity index (χ2v) is 5.72. The van der Waals surface area contributed by atoms with Crippen molar-refractivity contribution in [2.24, 2.45) is 0 Å². The first kappa shape index (κ1) is 11.6. The van der Waals surface area contributed by atoms with Crippen molar-refractivity contribution in [1.29, 1.82) is 0 Å². The Hall–Kier alpha value is -1.43. The number of carbonyl (C=O) groups excluding carboxylic acids is 2. The van der Waals surface area contributed by atoms with Crippen LogP contribution in [0.4, 0.5) is 0 Å². The Labute approximate surface area is 109 Å². The predicted octanol–water partition coefficient (Wildman–Crippen LogP) is 0.915. The fraction of sp³-hybridized carbons (Fsp3) is 0.583. The van der Waals surface area contributed by atoms with Crippen molar-refractivity contribution in [3.63, 3.8) is 0 Å². The van der Waals surface area contributed by atoms with Crippen molar-refractivity contribution in [2.45, 2.75) is 44.2 Å². The quantitative estimate of drug-likeness (QED) is 0.850. The Kier molecular flexibility index (Phi) is 3.03. The number of hydrogen-bond donors (Lipinski definition) is 2. The minimum atomic E-state index is -0.362. The fourth-order valence-electron chi connectivity index (χ4n) is 2.03. The van der Waals surface area contributed by atoms with Crippen molar-refractivity contribution < 1.29 is 9.59 Å². The minimum Gasteiger partial charge on any atom is -0.349 e. The van der Waals surface area contributed by atoms with Crippen LogP contribution >= 0.6 is 11.3 Å². The summed E-state index contributed by atoms with van der Waals surface area (Å²) in [5.41, 5.74) is 0.916. The molecule has 2 heterocycles. The van der Waals surface area contributed by atoms with E-state index in [1.54, 1.807) is 11.3 Å². The van der Waals surface area contributed by atoms with E-state index in [0.717, 1.165) is 5.69 Å². The molecule has 6 heteroatoms. The minimum absolute atomic E-state index is 0.0418. The lowest BCUT2D eigenvalue weighted by atomic mass is 10.2. The molecule has 1 aliphatic heterocycles. The summed E-state index contributed by atoms with van der Waals surface area (Å²) < 4.78 is 0. The molecule has 2 amide bonds. The molecular formula is C12H15N3O2S. The van der Waals surface area contributed by atoms with E-state index in [9.17, 15) is 9.59 Å². The molecule has 96 valence electrons. The van der Waals surface area contributed by atoms with Crippen LogP contribution < -0.4 is 10.6 Å². The van der Waals surface area contributed by atoms with Crippen LogP contribution in [-0.2, 0) is 16.1 Å². The van der Waals surface area contributed by atoms with E-state index >= 15 is 0 Å². The summed E-state index contributed by atoms with van der Waals surface area (Å²) in [5.74, 6) is 0.509. The molecule has 0 aromatic carbocycles. The van der Waals surface area contributed by atoms with Gasteiger partial charge < -0.3 is 10.6 Å². The third kappa shape index (κ3) is 2.53. The lowest BCUT2D eigenvalue weighted by Crippen LogP contribution is -2.41. The molecule has 1 aromatic heterocycles. The number of rotatable bonds is 4. The fourth-order valence-corrected chi connectivity index (χ4v) is 3.02. The Morgan fingerprint density at radius 2 is 2.33 bits per heavy atom. The van der Waals surface area contributed by atoms with Gasteiger partial charge in [-0.05, 0) is 19.3 Å². The molecule has 1 atom stereocenters. The number of hydrogen-bond acceptors (Lipinski definition) is 4. The van der Waals surface area contributed by atoms with Crippen LogP contribution in [0.25, 0.3) is 0 Å². The molecule has 1 aliphatic carbocycles. The van der Waals surface area contributed by atoms with Gasteiger partial charge >= 0.3 is 0 Å². The molecule has 1 saturated carbocycles. The van der Waals surface area contributed by atoms with Crippen LogP contribution in [0.1, 0.15) is 42.3 Å². The normalized spacial score (nSPS) is 22.9. The highest BCUT2D eigenvalue weighted by atomic mass is 32.1. The van der Waals surface area contributed by atoms with Crippen molar-refractivity contribution in [3.8, 4) is 0 Å². The molecule has 1 unspecified atom stereocenters. The molecule has 2 aliphatic rings. The van der Waals surface area contributed by atoms with Gasteiger partial charge in [0.2, 0.25) is 11.8 Å². The number of aromatic nitrogens is 1. The van der Waals surface area contributed by atoms with Crippen LogP contribution in [0.2, 0.25) is 0 Å². The standard InChI is InChI=1S/C12H15N3O2S/c16-10-4-3-9(15-10)11(17)13-5-8-6-18-12(14-8)7-1-2-7/h6-7,9H,1-5H2,(H,13,17)(H,15,16). The van der Waals surface area contributed by atoms with E-state index in [1.165, 1.54) is 17.8 Å². The summed E-state index contributed by atoms with van der Waals surface area (Å²) in [7, 11) is 0. The van der Waals surface area contributed by atoms with Gasteiger partial charge in [0.1, 0.15) is 6.04 Å². The zero-order chi connectivity index (χ0) is 12.5. The summed E-state index contributed by atoms with van der Waals surface area (Å²) in [5, 5.41) is 8.67. The monoisotopic (exact) mass is 265 g/mol. The zero-order valence-electron chi connectivity index (χ0n) is 9.94. The molecule has 0 radical (unpaired) electrons. The second kappa shape index (κ2) is 4.68. The third-order valence-corrected chi connectivity index (χ3v) is 4.31. The molecular weight excluding hydrogens is 250 g/mol. The summed E-state index contributed by atoms with van der Waals surface area (Å²) in [6, 6.07) is -0.362. The van der Waals surface area contributed by atoms with Gasteiger partial charge in [0.05, 0.1) is 17.2 Å². The third-order valence-electron chi connectivity index (χ3n) is 3.25. The van der Waals surface area contributed by atoms with E-state index in [4.69, 9.17) is 0 Å². The van der Waals surface area contributed by atoms with Gasteiger partial charge in [0.15, 0.2) is 0 Å². The van der Waals surface area contributed by atoms with E-state index in [2.05, 4.69) is 15.6 Å². The molecule has 0 spiro atoms. The van der Waals surface area contributed by atoms with Gasteiger partial charge in [-0.1, -0.05) is 0 Å².